The van der Waals surface area contributed by atoms with Gasteiger partial charge in [-0.05, 0) is 23.5 Å². The molecule has 0 fully saturated rings. The summed E-state index contributed by atoms with van der Waals surface area (Å²) >= 11 is 3.55. The van der Waals surface area contributed by atoms with Gasteiger partial charge in [0, 0.05) is 11.4 Å². The summed E-state index contributed by atoms with van der Waals surface area (Å²) < 4.78 is 28.6. The van der Waals surface area contributed by atoms with E-state index in [1.165, 1.54) is 5.56 Å². The Morgan fingerprint density at radius 3 is 2.17 bits per heavy atom. The number of halogens is 3. The number of ether oxygens (including phenoxy) is 1. The van der Waals surface area contributed by atoms with Gasteiger partial charge in [0.25, 0.3) is 6.43 Å². The first-order valence-corrected chi connectivity index (χ1v) is 7.02. The van der Waals surface area contributed by atoms with E-state index in [2.05, 4.69) is 54.0 Å². The first-order valence-electron chi connectivity index (χ1n) is 6.10. The number of benzene rings is 1. The van der Waals surface area contributed by atoms with Gasteiger partial charge in [-0.2, -0.15) is 0 Å². The Kier molecular flexibility index (Phi) is 6.79. The number of hydrogen-bond acceptors (Lipinski definition) is 1. The van der Waals surface area contributed by atoms with Crippen LogP contribution in [0.5, 0.6) is 0 Å². The smallest absolute Gasteiger partial charge is 0.261 e. The lowest BCUT2D eigenvalue weighted by atomic mass is 10.0. The van der Waals surface area contributed by atoms with E-state index in [0.29, 0.717) is 18.9 Å². The van der Waals surface area contributed by atoms with Gasteiger partial charge in [-0.1, -0.05) is 54.0 Å². The minimum atomic E-state index is -2.39. The van der Waals surface area contributed by atoms with Crippen molar-refractivity contribution in [3.05, 3.63) is 35.4 Å². The quantitative estimate of drug-likeness (QED) is 0.512. The average molecular weight is 321 g/mol. The van der Waals surface area contributed by atoms with E-state index >= 15 is 0 Å². The third-order valence-corrected chi connectivity index (χ3v) is 3.71. The fourth-order valence-corrected chi connectivity index (χ4v) is 2.11. The Morgan fingerprint density at radius 1 is 1.11 bits per heavy atom. The molecule has 0 amide bonds. The van der Waals surface area contributed by atoms with E-state index in [0.717, 1.165) is 5.56 Å². The van der Waals surface area contributed by atoms with Gasteiger partial charge in [-0.25, -0.2) is 8.78 Å². The van der Waals surface area contributed by atoms with Crippen LogP contribution in [-0.2, 0) is 4.74 Å². The minimum absolute atomic E-state index is 0.149. The third kappa shape index (κ3) is 5.44. The molecule has 0 heterocycles. The summed E-state index contributed by atoms with van der Waals surface area (Å²) in [6.45, 7) is 4.16. The largest absolute Gasteiger partial charge is 0.375 e. The molecule has 0 bridgehead atoms. The van der Waals surface area contributed by atoms with Crippen LogP contribution in [-0.4, -0.2) is 19.6 Å². The van der Waals surface area contributed by atoms with Crippen molar-refractivity contribution < 1.29 is 13.5 Å². The van der Waals surface area contributed by atoms with E-state index in [4.69, 9.17) is 4.74 Å². The molecule has 0 radical (unpaired) electrons. The highest BCUT2D eigenvalue weighted by Gasteiger charge is 2.09. The van der Waals surface area contributed by atoms with Gasteiger partial charge in [-0.15, -0.1) is 0 Å². The van der Waals surface area contributed by atoms with Crippen LogP contribution in [0, 0.1) is 0 Å². The molecule has 102 valence electrons. The number of rotatable bonds is 7. The summed E-state index contributed by atoms with van der Waals surface area (Å²) in [5.41, 5.74) is 2.45. The normalized spacial score (nSPS) is 13.3. The van der Waals surface area contributed by atoms with Gasteiger partial charge >= 0.3 is 0 Å². The van der Waals surface area contributed by atoms with Crippen LogP contribution in [0.4, 0.5) is 8.78 Å². The van der Waals surface area contributed by atoms with Crippen molar-refractivity contribution in [2.45, 2.75) is 37.4 Å². The third-order valence-electron chi connectivity index (χ3n) is 2.72. The van der Waals surface area contributed by atoms with Crippen LogP contribution in [0.3, 0.4) is 0 Å². The van der Waals surface area contributed by atoms with Crippen molar-refractivity contribution in [2.24, 2.45) is 0 Å². The Labute approximate surface area is 116 Å². The van der Waals surface area contributed by atoms with Gasteiger partial charge in [0.1, 0.15) is 6.61 Å². The van der Waals surface area contributed by atoms with Gasteiger partial charge in [0.2, 0.25) is 0 Å². The summed E-state index contributed by atoms with van der Waals surface area (Å²) in [4.78, 5) is 0.149. The molecule has 0 saturated heterocycles. The molecule has 0 saturated carbocycles. The van der Waals surface area contributed by atoms with Crippen molar-refractivity contribution in [2.75, 3.05) is 13.2 Å². The molecule has 1 aromatic carbocycles. The highest BCUT2D eigenvalue weighted by molar-refractivity contribution is 9.09. The molecular formula is C14H19BrF2O. The fourth-order valence-electron chi connectivity index (χ4n) is 1.62. The molecule has 1 nitrogen and oxygen atoms in total. The molecule has 1 unspecified atom stereocenters. The lowest BCUT2D eigenvalue weighted by Gasteiger charge is -2.12. The molecule has 0 spiro atoms. The lowest BCUT2D eigenvalue weighted by molar-refractivity contribution is 0.0167. The monoisotopic (exact) mass is 320 g/mol. The first-order chi connectivity index (χ1) is 8.50. The molecule has 1 atom stereocenters. The van der Waals surface area contributed by atoms with E-state index in [1.54, 1.807) is 0 Å². The van der Waals surface area contributed by atoms with E-state index in [1.807, 2.05) is 0 Å². The van der Waals surface area contributed by atoms with Crippen LogP contribution >= 0.6 is 15.9 Å². The van der Waals surface area contributed by atoms with Crippen molar-refractivity contribution in [1.82, 2.24) is 0 Å². The fraction of sp³-hybridized carbons (Fsp3) is 0.571. The van der Waals surface area contributed by atoms with E-state index in [9.17, 15) is 8.78 Å². The first kappa shape index (κ1) is 15.6. The highest BCUT2D eigenvalue weighted by Crippen LogP contribution is 2.27. The number of hydrogen-bond donors (Lipinski definition) is 0. The molecule has 1 rings (SSSR count). The second-order valence-corrected chi connectivity index (χ2v) is 5.65. The Hall–Kier alpha value is -0.480. The maximum absolute atomic E-state index is 11.9. The Balaban J connectivity index is 2.39. The summed E-state index contributed by atoms with van der Waals surface area (Å²) in [5, 5.41) is 0. The summed E-state index contributed by atoms with van der Waals surface area (Å²) in [6, 6.07) is 8.35. The van der Waals surface area contributed by atoms with Crippen molar-refractivity contribution >= 4 is 15.9 Å². The van der Waals surface area contributed by atoms with Gasteiger partial charge < -0.3 is 4.74 Å². The summed E-state index contributed by atoms with van der Waals surface area (Å²) in [5.74, 6) is 0.516. The highest BCUT2D eigenvalue weighted by atomic mass is 79.9. The molecule has 0 aliphatic rings. The Morgan fingerprint density at radius 2 is 1.67 bits per heavy atom. The lowest BCUT2D eigenvalue weighted by Crippen LogP contribution is -2.06. The zero-order valence-corrected chi connectivity index (χ0v) is 12.3. The minimum Gasteiger partial charge on any atom is -0.375 e. The molecule has 0 aliphatic carbocycles. The topological polar surface area (TPSA) is 9.23 Å². The zero-order chi connectivity index (χ0) is 13.5. The standard InChI is InChI=1S/C14H19BrF2O/c1-10(2)11-3-5-12(6-4-11)13(15)7-8-18-9-14(16)17/h3-6,10,13-14H,7-9H2,1-2H3. The predicted octanol–water partition coefficient (Wildman–Crippen LogP) is 4.92. The van der Waals surface area contributed by atoms with Crippen molar-refractivity contribution in [1.29, 1.82) is 0 Å². The van der Waals surface area contributed by atoms with Crippen molar-refractivity contribution in [3.63, 3.8) is 0 Å². The zero-order valence-electron chi connectivity index (χ0n) is 10.7. The van der Waals surface area contributed by atoms with Gasteiger partial charge in [0.15, 0.2) is 0 Å². The van der Waals surface area contributed by atoms with E-state index in [-0.39, 0.29) is 4.83 Å². The van der Waals surface area contributed by atoms with Crippen LogP contribution < -0.4 is 0 Å². The maximum Gasteiger partial charge on any atom is 0.261 e. The number of alkyl halides is 3. The molecule has 0 N–H and O–H groups in total. The summed E-state index contributed by atoms with van der Waals surface area (Å²) in [6.07, 6.45) is -1.70. The second-order valence-electron chi connectivity index (χ2n) is 4.54. The predicted molar refractivity (Wildman–Crippen MR) is 73.6 cm³/mol. The summed E-state index contributed by atoms with van der Waals surface area (Å²) in [7, 11) is 0. The van der Waals surface area contributed by atoms with Crippen molar-refractivity contribution in [3.8, 4) is 0 Å². The average Bonchev–Trinajstić information content (AvgIpc) is 2.34. The molecule has 18 heavy (non-hydrogen) atoms. The van der Waals surface area contributed by atoms with E-state index < -0.39 is 13.0 Å². The van der Waals surface area contributed by atoms with Crippen LogP contribution in [0.1, 0.15) is 42.1 Å². The molecule has 0 aromatic heterocycles. The molecule has 0 aliphatic heterocycles. The Bertz CT molecular complexity index is 338. The van der Waals surface area contributed by atoms with Gasteiger partial charge in [0.05, 0.1) is 0 Å². The second kappa shape index (κ2) is 7.85. The SMILES string of the molecule is CC(C)c1ccc(C(Br)CCOCC(F)F)cc1. The van der Waals surface area contributed by atoms with Gasteiger partial charge in [-0.3, -0.25) is 0 Å². The van der Waals surface area contributed by atoms with Crippen LogP contribution in [0.2, 0.25) is 0 Å². The maximum atomic E-state index is 11.9. The van der Waals surface area contributed by atoms with Crippen LogP contribution in [0.25, 0.3) is 0 Å². The molecule has 4 heteroatoms. The molecule has 1 aromatic rings. The molecular weight excluding hydrogens is 302 g/mol. The van der Waals surface area contributed by atoms with Crippen LogP contribution in [0.15, 0.2) is 24.3 Å².